The minimum Gasteiger partial charge on any atom is -0.469 e. The highest BCUT2D eigenvalue weighted by Gasteiger charge is 2.21. The molecule has 0 aromatic carbocycles. The molecule has 0 aliphatic heterocycles. The molecule has 2 unspecified atom stereocenters. The van der Waals surface area contributed by atoms with Crippen molar-refractivity contribution in [1.29, 1.82) is 0 Å². The molecule has 5 heteroatoms. The van der Waals surface area contributed by atoms with Gasteiger partial charge in [-0.15, -0.1) is 0 Å². The van der Waals surface area contributed by atoms with Gasteiger partial charge in [0.05, 0.1) is 19.7 Å². The van der Waals surface area contributed by atoms with Crippen LogP contribution in [-0.4, -0.2) is 28.9 Å². The molecule has 0 aliphatic rings. The maximum Gasteiger partial charge on any atom is 0.306 e. The summed E-state index contributed by atoms with van der Waals surface area (Å²) in [6.45, 7) is 4.71. The Labute approximate surface area is 95.6 Å². The van der Waals surface area contributed by atoms with Crippen LogP contribution < -0.4 is 5.73 Å². The second kappa shape index (κ2) is 5.65. The van der Waals surface area contributed by atoms with E-state index in [1.54, 1.807) is 6.20 Å². The third-order valence-electron chi connectivity index (χ3n) is 2.65. The van der Waals surface area contributed by atoms with Crippen molar-refractivity contribution in [2.24, 2.45) is 5.73 Å². The molecule has 0 amide bonds. The first-order valence-corrected chi connectivity index (χ1v) is 5.43. The van der Waals surface area contributed by atoms with Gasteiger partial charge in [-0.05, 0) is 19.4 Å². The number of carbonyl (C=O) groups is 1. The van der Waals surface area contributed by atoms with Crippen LogP contribution in [0.15, 0.2) is 12.4 Å². The summed E-state index contributed by atoms with van der Waals surface area (Å²) in [5.74, 6) is -0.278. The van der Waals surface area contributed by atoms with Crippen LogP contribution in [0.1, 0.15) is 31.7 Å². The van der Waals surface area contributed by atoms with Gasteiger partial charge in [0.1, 0.15) is 0 Å². The fourth-order valence-corrected chi connectivity index (χ4v) is 1.61. The molecule has 1 aromatic heterocycles. The van der Waals surface area contributed by atoms with Crippen molar-refractivity contribution in [3.8, 4) is 0 Å². The molecule has 0 saturated heterocycles. The molecule has 5 nitrogen and oxygen atoms in total. The monoisotopic (exact) mass is 225 g/mol. The summed E-state index contributed by atoms with van der Waals surface area (Å²) < 4.78 is 6.49. The van der Waals surface area contributed by atoms with Crippen LogP contribution in [0, 0.1) is 0 Å². The number of nitrogens with zero attached hydrogens (tertiary/aromatic N) is 2. The van der Waals surface area contributed by atoms with E-state index in [0.29, 0.717) is 6.42 Å². The molecule has 1 aromatic rings. The lowest BCUT2D eigenvalue weighted by molar-refractivity contribution is -0.141. The first-order chi connectivity index (χ1) is 7.58. The van der Waals surface area contributed by atoms with Crippen molar-refractivity contribution < 1.29 is 9.53 Å². The quantitative estimate of drug-likeness (QED) is 0.756. The van der Waals surface area contributed by atoms with Gasteiger partial charge < -0.3 is 10.5 Å². The molecule has 0 saturated carbocycles. The van der Waals surface area contributed by atoms with E-state index in [0.717, 1.165) is 12.1 Å². The van der Waals surface area contributed by atoms with Crippen LogP contribution in [0.2, 0.25) is 0 Å². The van der Waals surface area contributed by atoms with Crippen LogP contribution >= 0.6 is 0 Å². The van der Waals surface area contributed by atoms with Crippen LogP contribution in [0.3, 0.4) is 0 Å². The predicted octanol–water partition coefficient (Wildman–Crippen LogP) is 0.897. The number of aromatic nitrogens is 2. The third kappa shape index (κ3) is 3.06. The molecular weight excluding hydrogens is 206 g/mol. The number of methoxy groups -OCH3 is 1. The van der Waals surface area contributed by atoms with Gasteiger partial charge in [0.15, 0.2) is 0 Å². The number of nitrogens with two attached hydrogens (primary N) is 1. The van der Waals surface area contributed by atoms with Gasteiger partial charge in [0, 0.05) is 24.7 Å². The fourth-order valence-electron chi connectivity index (χ4n) is 1.61. The van der Waals surface area contributed by atoms with Gasteiger partial charge in [-0.1, -0.05) is 0 Å². The minimum atomic E-state index is -0.244. The smallest absolute Gasteiger partial charge is 0.306 e. The van der Waals surface area contributed by atoms with E-state index >= 15 is 0 Å². The Morgan fingerprint density at radius 2 is 2.38 bits per heavy atom. The molecule has 2 atom stereocenters. The maximum atomic E-state index is 11.3. The van der Waals surface area contributed by atoms with Crippen LogP contribution in [0.25, 0.3) is 0 Å². The molecule has 0 bridgehead atoms. The zero-order valence-electron chi connectivity index (χ0n) is 10.0. The number of carbonyl (C=O) groups excluding carboxylic acids is 1. The summed E-state index contributed by atoms with van der Waals surface area (Å²) >= 11 is 0. The predicted molar refractivity (Wildman–Crippen MR) is 60.9 cm³/mol. The summed E-state index contributed by atoms with van der Waals surface area (Å²) in [6.07, 6.45) is 3.99. The van der Waals surface area contributed by atoms with E-state index in [1.165, 1.54) is 7.11 Å². The number of ether oxygens (including phenoxy) is 1. The summed E-state index contributed by atoms with van der Waals surface area (Å²) in [5, 5.41) is 4.18. The molecule has 90 valence electrons. The van der Waals surface area contributed by atoms with E-state index < -0.39 is 0 Å². The number of hydrogen-bond donors (Lipinski definition) is 1. The van der Waals surface area contributed by atoms with Crippen molar-refractivity contribution in [1.82, 2.24) is 9.78 Å². The highest BCUT2D eigenvalue weighted by atomic mass is 16.5. The maximum absolute atomic E-state index is 11.3. The summed E-state index contributed by atoms with van der Waals surface area (Å²) in [6, 6.07) is -0.103. The van der Waals surface area contributed by atoms with E-state index in [1.807, 2.05) is 24.7 Å². The Morgan fingerprint density at radius 1 is 1.69 bits per heavy atom. The van der Waals surface area contributed by atoms with E-state index in [2.05, 4.69) is 9.84 Å². The topological polar surface area (TPSA) is 70.1 Å². The first-order valence-electron chi connectivity index (χ1n) is 5.43. The van der Waals surface area contributed by atoms with Crippen LogP contribution in [0.5, 0.6) is 0 Å². The zero-order valence-corrected chi connectivity index (χ0v) is 10.0. The van der Waals surface area contributed by atoms with Gasteiger partial charge in [0.2, 0.25) is 0 Å². The fraction of sp³-hybridized carbons (Fsp3) is 0.636. The third-order valence-corrected chi connectivity index (χ3v) is 2.65. The Morgan fingerprint density at radius 3 is 2.81 bits per heavy atom. The molecule has 1 heterocycles. The SMILES string of the molecule is CCn1cc(C(CC(=O)OC)C(C)N)cn1. The average molecular weight is 225 g/mol. The molecular formula is C11H19N3O2. The lowest BCUT2D eigenvalue weighted by Gasteiger charge is -2.17. The molecule has 16 heavy (non-hydrogen) atoms. The normalized spacial score (nSPS) is 14.5. The van der Waals surface area contributed by atoms with Crippen molar-refractivity contribution >= 4 is 5.97 Å². The van der Waals surface area contributed by atoms with Crippen molar-refractivity contribution in [3.63, 3.8) is 0 Å². The highest BCUT2D eigenvalue weighted by molar-refractivity contribution is 5.70. The van der Waals surface area contributed by atoms with Gasteiger partial charge in [0.25, 0.3) is 0 Å². The number of hydrogen-bond acceptors (Lipinski definition) is 4. The Hall–Kier alpha value is -1.36. The summed E-state index contributed by atoms with van der Waals surface area (Å²) in [5.41, 5.74) is 6.87. The Kier molecular flexibility index (Phi) is 4.49. The standard InChI is InChI=1S/C11H19N3O2/c1-4-14-7-9(6-13-14)10(8(2)12)5-11(15)16-3/h6-8,10H,4-5,12H2,1-3H3. The molecule has 2 N–H and O–H groups in total. The van der Waals surface area contributed by atoms with E-state index in [4.69, 9.17) is 5.73 Å². The molecule has 1 rings (SSSR count). The van der Waals surface area contributed by atoms with Gasteiger partial charge >= 0.3 is 5.97 Å². The van der Waals surface area contributed by atoms with Gasteiger partial charge in [-0.2, -0.15) is 5.10 Å². The van der Waals surface area contributed by atoms with Crippen molar-refractivity contribution in [2.45, 2.75) is 38.8 Å². The lowest BCUT2D eigenvalue weighted by Crippen LogP contribution is -2.27. The largest absolute Gasteiger partial charge is 0.469 e. The number of aryl methyl sites for hydroxylation is 1. The number of esters is 1. The van der Waals surface area contributed by atoms with E-state index in [9.17, 15) is 4.79 Å². The Balaban J connectivity index is 2.80. The van der Waals surface area contributed by atoms with Gasteiger partial charge in [-0.3, -0.25) is 9.48 Å². The Bertz CT molecular complexity index is 347. The molecule has 0 fully saturated rings. The molecule has 0 spiro atoms. The second-order valence-corrected chi connectivity index (χ2v) is 3.88. The molecule has 0 radical (unpaired) electrons. The number of rotatable bonds is 5. The zero-order chi connectivity index (χ0) is 12.1. The minimum absolute atomic E-state index is 0.0345. The first kappa shape index (κ1) is 12.7. The van der Waals surface area contributed by atoms with Crippen molar-refractivity contribution in [2.75, 3.05) is 7.11 Å². The average Bonchev–Trinajstić information content (AvgIpc) is 2.73. The van der Waals surface area contributed by atoms with E-state index in [-0.39, 0.29) is 17.9 Å². The van der Waals surface area contributed by atoms with Gasteiger partial charge in [-0.25, -0.2) is 0 Å². The summed E-state index contributed by atoms with van der Waals surface area (Å²) in [4.78, 5) is 11.3. The van der Waals surface area contributed by atoms with Crippen molar-refractivity contribution in [3.05, 3.63) is 18.0 Å². The summed E-state index contributed by atoms with van der Waals surface area (Å²) in [7, 11) is 1.38. The lowest BCUT2D eigenvalue weighted by atomic mass is 9.92. The van der Waals surface area contributed by atoms with Crippen LogP contribution in [-0.2, 0) is 16.1 Å². The highest BCUT2D eigenvalue weighted by Crippen LogP contribution is 2.22. The molecule has 0 aliphatic carbocycles. The van der Waals surface area contributed by atoms with Crippen LogP contribution in [0.4, 0.5) is 0 Å². The second-order valence-electron chi connectivity index (χ2n) is 3.88.